The Kier molecular flexibility index (Phi) is 20.3. The zero-order valence-corrected chi connectivity index (χ0v) is 37.0. The van der Waals surface area contributed by atoms with Crippen LogP contribution in [0.5, 0.6) is 0 Å². The minimum atomic E-state index is -2.20. The third-order valence-corrected chi connectivity index (χ3v) is 12.8. The molecule has 0 spiro atoms. The first-order chi connectivity index (χ1) is 33.1. The van der Waals surface area contributed by atoms with Crippen molar-refractivity contribution in [2.45, 2.75) is 191 Å². The van der Waals surface area contributed by atoms with Gasteiger partial charge in [-0.2, -0.15) is 0 Å². The summed E-state index contributed by atoms with van der Waals surface area (Å²) in [5.74, 6) is -0.746. The molecular weight excluding hydrogens is 966 g/mol. The van der Waals surface area contributed by atoms with Crippen LogP contribution in [0.4, 0.5) is 0 Å². The van der Waals surface area contributed by atoms with Crippen molar-refractivity contribution in [1.82, 2.24) is 5.32 Å². The zero-order chi connectivity index (χ0) is 51.6. The Balaban J connectivity index is 1.24. The van der Waals surface area contributed by atoms with Gasteiger partial charge in [0.15, 0.2) is 37.7 Å². The molecule has 6 aliphatic rings. The summed E-state index contributed by atoms with van der Waals surface area (Å²) in [7, 11) is 0. The number of rotatable bonds is 17. The van der Waals surface area contributed by atoms with Gasteiger partial charge in [0.05, 0.1) is 39.6 Å². The van der Waals surface area contributed by atoms with Gasteiger partial charge in [-0.3, -0.25) is 4.79 Å². The predicted octanol–water partition coefficient (Wildman–Crippen LogP) is -14.0. The Hall–Kier alpha value is -1.73. The highest BCUT2D eigenvalue weighted by molar-refractivity contribution is 5.73. The van der Waals surface area contributed by atoms with E-state index in [9.17, 15) is 102 Å². The summed E-state index contributed by atoms with van der Waals surface area (Å²) in [6.45, 7) is -4.67. The number of ether oxygens (including phenoxy) is 11. The Morgan fingerprint density at radius 2 is 0.743 bits per heavy atom. The topological polar surface area (TPSA) is 515 Å². The third kappa shape index (κ3) is 12.0. The maximum Gasteiger partial charge on any atom is 0.217 e. The highest BCUT2D eigenvalue weighted by atomic mass is 16.8. The lowest BCUT2D eigenvalue weighted by Crippen LogP contribution is -2.68. The van der Waals surface area contributed by atoms with Crippen LogP contribution in [0.15, 0.2) is 0 Å². The largest absolute Gasteiger partial charge is 0.394 e. The van der Waals surface area contributed by atoms with Crippen LogP contribution in [-0.4, -0.2) is 327 Å². The van der Waals surface area contributed by atoms with Crippen molar-refractivity contribution in [2.24, 2.45) is 0 Å². The molecule has 0 saturated carbocycles. The van der Waals surface area contributed by atoms with E-state index < -0.39 is 230 Å². The van der Waals surface area contributed by atoms with Gasteiger partial charge in [0.1, 0.15) is 146 Å². The van der Waals surface area contributed by atoms with Crippen LogP contribution in [0.2, 0.25) is 0 Å². The standard InChI is InChI=1S/C38H65NO31/c1-8(45)39-15-21(51)29(13(6-44)61-33(15)59)67-37-28(58)31(68-35-25(55)22(52)16(46)9(2-40)63-35)20(50)14(66-37)7-60-34-27(57)30(19(49)12(5-43)62-34)69-38-32(24(54)18(48)11(4-42)65-38)70-36-26(56)23(53)17(47)10(3-41)64-36/h9-38,40-44,46-59H,2-7H2,1H3,(H,39,45)/t9-,10-,11-,12-,13-,14-,15-,16-,17-,18-,19-,20-,21-,22+,23+,24+,25+,26+,27+,28+,29-,30+,31+,32+,33?,34+,35-,36-,37+,38-/m1/s1. The molecule has 32 heteroatoms. The summed E-state index contributed by atoms with van der Waals surface area (Å²) in [6.07, 6.45) is -56.2. The van der Waals surface area contributed by atoms with Crippen LogP contribution >= 0.6 is 0 Å². The Morgan fingerprint density at radius 3 is 1.24 bits per heavy atom. The fraction of sp³-hybridized carbons (Fsp3) is 0.974. The molecule has 0 aromatic rings. The van der Waals surface area contributed by atoms with Gasteiger partial charge in [-0.05, 0) is 0 Å². The molecule has 408 valence electrons. The molecule has 6 heterocycles. The molecule has 30 atom stereocenters. The monoisotopic (exact) mass is 1030 g/mol. The lowest BCUT2D eigenvalue weighted by Gasteiger charge is -2.49. The van der Waals surface area contributed by atoms with Gasteiger partial charge in [0.25, 0.3) is 0 Å². The summed E-state index contributed by atoms with van der Waals surface area (Å²) in [4.78, 5) is 11.9. The number of amides is 1. The van der Waals surface area contributed by atoms with Gasteiger partial charge < -0.3 is 154 Å². The lowest BCUT2D eigenvalue weighted by atomic mass is 9.95. The van der Waals surface area contributed by atoms with E-state index in [1.807, 2.05) is 0 Å². The van der Waals surface area contributed by atoms with E-state index in [4.69, 9.17) is 52.1 Å². The molecular formula is C38H65NO31. The Bertz CT molecular complexity index is 1630. The molecule has 6 fully saturated rings. The molecule has 1 unspecified atom stereocenters. The van der Waals surface area contributed by atoms with Crippen molar-refractivity contribution in [3.05, 3.63) is 0 Å². The van der Waals surface area contributed by atoms with Crippen LogP contribution in [0.1, 0.15) is 6.92 Å². The Morgan fingerprint density at radius 1 is 0.371 bits per heavy atom. The van der Waals surface area contributed by atoms with Crippen molar-refractivity contribution < 1.29 is 154 Å². The van der Waals surface area contributed by atoms with E-state index in [1.54, 1.807) is 0 Å². The van der Waals surface area contributed by atoms with Crippen molar-refractivity contribution in [3.8, 4) is 0 Å². The SMILES string of the molecule is CC(=O)N[C@H]1C(O)O[C@H](CO)[C@@H](O[C@@H]2O[C@H](CO[C@H]3O[C@H](CO)[C@@H](O)[C@H](O[C@H]4O[C@H](CO)[C@@H](O)[C@H](O)[C@@H]4O[C@H]4O[C@H](CO)[C@@H](O)[C@H](O)[C@@H]4O)[C@@H]3O)[C@@H](O)[C@H](O[C@H]3O[C@H](CO)[C@@H](O)[C@H](O)[C@@H]3O)[C@@H]2O)[C@@H]1O. The summed E-state index contributed by atoms with van der Waals surface area (Å²) in [6, 6.07) is -1.59. The Labute approximate surface area is 395 Å². The molecule has 0 bridgehead atoms. The van der Waals surface area contributed by atoms with E-state index in [0.29, 0.717) is 0 Å². The van der Waals surface area contributed by atoms with Crippen molar-refractivity contribution in [2.75, 3.05) is 39.6 Å². The average Bonchev–Trinajstić information content (AvgIpc) is 3.33. The molecule has 1 amide bonds. The van der Waals surface area contributed by atoms with Crippen LogP contribution in [0, 0.1) is 0 Å². The normalized spacial score (nSPS) is 51.5. The van der Waals surface area contributed by atoms with Gasteiger partial charge in [-0.1, -0.05) is 0 Å². The lowest BCUT2D eigenvalue weighted by molar-refractivity contribution is -0.393. The zero-order valence-electron chi connectivity index (χ0n) is 37.0. The minimum Gasteiger partial charge on any atom is -0.394 e. The highest BCUT2D eigenvalue weighted by Gasteiger charge is 2.57. The van der Waals surface area contributed by atoms with Crippen molar-refractivity contribution in [3.63, 3.8) is 0 Å². The number of aliphatic hydroxyl groups is 19. The molecule has 70 heavy (non-hydrogen) atoms. The fourth-order valence-corrected chi connectivity index (χ4v) is 8.78. The third-order valence-electron chi connectivity index (χ3n) is 12.8. The first-order valence-corrected chi connectivity index (χ1v) is 22.1. The molecule has 6 rings (SSSR count). The molecule has 0 aromatic carbocycles. The summed E-state index contributed by atoms with van der Waals surface area (Å²) >= 11 is 0. The van der Waals surface area contributed by atoms with Crippen LogP contribution in [0.3, 0.4) is 0 Å². The number of nitrogens with one attached hydrogen (secondary N) is 1. The average molecular weight is 1030 g/mol. The summed E-state index contributed by atoms with van der Waals surface area (Å²) < 4.78 is 61.9. The molecule has 0 aliphatic carbocycles. The van der Waals surface area contributed by atoms with Crippen LogP contribution < -0.4 is 5.32 Å². The van der Waals surface area contributed by atoms with E-state index in [0.717, 1.165) is 6.92 Å². The minimum absolute atomic E-state index is 0.746. The summed E-state index contributed by atoms with van der Waals surface area (Å²) in [5.41, 5.74) is 0. The quantitative estimate of drug-likeness (QED) is 0.0643. The maximum absolute atomic E-state index is 11.9. The number of carbonyl (C=O) groups excluding carboxylic acids is 1. The molecule has 0 aromatic heterocycles. The van der Waals surface area contributed by atoms with Crippen LogP contribution in [0.25, 0.3) is 0 Å². The van der Waals surface area contributed by atoms with Gasteiger partial charge >= 0.3 is 0 Å². The number of carbonyl (C=O) groups is 1. The second-order valence-corrected chi connectivity index (χ2v) is 17.5. The number of hydrogen-bond acceptors (Lipinski definition) is 31. The maximum atomic E-state index is 11.9. The van der Waals surface area contributed by atoms with Crippen molar-refractivity contribution >= 4 is 5.91 Å². The highest BCUT2D eigenvalue weighted by Crippen LogP contribution is 2.36. The number of aliphatic hydroxyl groups excluding tert-OH is 19. The van der Waals surface area contributed by atoms with Gasteiger partial charge in [0.2, 0.25) is 5.91 Å². The molecule has 20 N–H and O–H groups in total. The molecule has 6 saturated heterocycles. The fourth-order valence-electron chi connectivity index (χ4n) is 8.78. The molecule has 0 radical (unpaired) electrons. The first-order valence-electron chi connectivity index (χ1n) is 22.1. The van der Waals surface area contributed by atoms with Crippen LogP contribution in [-0.2, 0) is 56.9 Å². The second kappa shape index (κ2) is 24.7. The second-order valence-electron chi connectivity index (χ2n) is 17.5. The van der Waals surface area contributed by atoms with Gasteiger partial charge in [-0.15, -0.1) is 0 Å². The van der Waals surface area contributed by atoms with E-state index in [2.05, 4.69) is 5.32 Å². The molecule has 6 aliphatic heterocycles. The van der Waals surface area contributed by atoms with Gasteiger partial charge in [0, 0.05) is 6.92 Å². The predicted molar refractivity (Wildman–Crippen MR) is 211 cm³/mol. The van der Waals surface area contributed by atoms with E-state index in [1.165, 1.54) is 0 Å². The van der Waals surface area contributed by atoms with E-state index in [-0.39, 0.29) is 0 Å². The molecule has 32 nitrogen and oxygen atoms in total. The van der Waals surface area contributed by atoms with E-state index >= 15 is 0 Å². The smallest absolute Gasteiger partial charge is 0.217 e. The van der Waals surface area contributed by atoms with Crippen molar-refractivity contribution in [1.29, 1.82) is 0 Å². The summed E-state index contributed by atoms with van der Waals surface area (Å²) in [5, 5.41) is 204. The van der Waals surface area contributed by atoms with Gasteiger partial charge in [-0.25, -0.2) is 0 Å². The number of hydrogen-bond donors (Lipinski definition) is 20. The first kappa shape index (κ1) is 57.5.